The number of nitrogens with zero attached hydrogens (tertiary/aromatic N) is 2. The van der Waals surface area contributed by atoms with Gasteiger partial charge in [0, 0.05) is 30.9 Å². The van der Waals surface area contributed by atoms with Crippen LogP contribution in [0.2, 0.25) is 0 Å². The first kappa shape index (κ1) is 14.0. The summed E-state index contributed by atoms with van der Waals surface area (Å²) < 4.78 is 0. The van der Waals surface area contributed by atoms with Crippen LogP contribution in [0.5, 0.6) is 0 Å². The van der Waals surface area contributed by atoms with E-state index in [2.05, 4.69) is 48.2 Å². The lowest BCUT2D eigenvalue weighted by atomic mass is 10.2. The molecule has 0 saturated heterocycles. The fourth-order valence-electron chi connectivity index (χ4n) is 1.47. The Morgan fingerprint density at radius 3 is 2.71 bits per heavy atom. The summed E-state index contributed by atoms with van der Waals surface area (Å²) in [5.41, 5.74) is 5.97. The summed E-state index contributed by atoms with van der Waals surface area (Å²) in [4.78, 5) is 7.85. The maximum Gasteiger partial charge on any atom is 0.191 e. The van der Waals surface area contributed by atoms with Gasteiger partial charge in [0.25, 0.3) is 0 Å². The first-order valence-corrected chi connectivity index (χ1v) is 6.93. The van der Waals surface area contributed by atoms with Crippen LogP contribution < -0.4 is 5.73 Å². The molecule has 0 radical (unpaired) electrons. The maximum absolute atomic E-state index is 5.97. The third-order valence-corrected chi connectivity index (χ3v) is 3.62. The number of nitrogens with two attached hydrogens (primary N) is 1. The summed E-state index contributed by atoms with van der Waals surface area (Å²) in [5.74, 6) is 1.19. The van der Waals surface area contributed by atoms with Crippen LogP contribution in [0.3, 0.4) is 0 Å². The molecule has 1 heterocycles. The molecule has 0 spiro atoms. The molecule has 0 aliphatic rings. The second-order valence-corrected chi connectivity index (χ2v) is 5.87. The summed E-state index contributed by atoms with van der Waals surface area (Å²) in [6, 6.07) is 4.63. The number of rotatable bonds is 5. The molecule has 1 rings (SSSR count). The van der Waals surface area contributed by atoms with Crippen molar-refractivity contribution in [3.63, 3.8) is 0 Å². The van der Waals surface area contributed by atoms with E-state index in [0.29, 0.717) is 17.9 Å². The van der Waals surface area contributed by atoms with E-state index in [9.17, 15) is 0 Å². The molecule has 0 amide bonds. The minimum Gasteiger partial charge on any atom is -0.370 e. The van der Waals surface area contributed by atoms with Crippen molar-refractivity contribution in [2.24, 2.45) is 16.6 Å². The minimum absolute atomic E-state index is 0.379. The summed E-state index contributed by atoms with van der Waals surface area (Å²) in [6.45, 7) is 7.26. The SMILES string of the molecule is CC(C)CN=C(N)N(C)C(C)Cc1cccs1. The molecule has 0 aliphatic carbocycles. The largest absolute Gasteiger partial charge is 0.370 e. The van der Waals surface area contributed by atoms with Gasteiger partial charge < -0.3 is 10.6 Å². The van der Waals surface area contributed by atoms with Crippen molar-refractivity contribution in [2.75, 3.05) is 13.6 Å². The molecule has 1 aromatic heterocycles. The average molecular weight is 253 g/mol. The second-order valence-electron chi connectivity index (χ2n) is 4.84. The molecule has 0 aromatic carbocycles. The van der Waals surface area contributed by atoms with E-state index in [1.165, 1.54) is 4.88 Å². The fraction of sp³-hybridized carbons (Fsp3) is 0.615. The molecule has 0 aliphatic heterocycles. The highest BCUT2D eigenvalue weighted by atomic mass is 32.1. The number of hydrogen-bond acceptors (Lipinski definition) is 2. The first-order valence-electron chi connectivity index (χ1n) is 6.05. The van der Waals surface area contributed by atoms with E-state index in [0.717, 1.165) is 13.0 Å². The minimum atomic E-state index is 0.379. The van der Waals surface area contributed by atoms with Crippen LogP contribution in [0.15, 0.2) is 22.5 Å². The van der Waals surface area contributed by atoms with Crippen molar-refractivity contribution in [3.8, 4) is 0 Å². The standard InChI is InChI=1S/C13H23N3S/c1-10(2)9-15-13(14)16(4)11(3)8-12-6-5-7-17-12/h5-7,10-11H,8-9H2,1-4H3,(H2,14,15). The fourth-order valence-corrected chi connectivity index (χ4v) is 2.30. The molecule has 0 saturated carbocycles. The molecular weight excluding hydrogens is 230 g/mol. The van der Waals surface area contributed by atoms with Crippen LogP contribution in [0, 0.1) is 5.92 Å². The Morgan fingerprint density at radius 2 is 2.18 bits per heavy atom. The van der Waals surface area contributed by atoms with E-state index in [1.807, 2.05) is 7.05 Å². The van der Waals surface area contributed by atoms with E-state index in [4.69, 9.17) is 5.73 Å². The quantitative estimate of drug-likeness (QED) is 0.647. The normalized spacial score (nSPS) is 14.1. The van der Waals surface area contributed by atoms with Gasteiger partial charge in [0.05, 0.1) is 0 Å². The number of hydrogen-bond donors (Lipinski definition) is 1. The van der Waals surface area contributed by atoms with Gasteiger partial charge in [-0.05, 0) is 24.3 Å². The first-order chi connectivity index (χ1) is 8.00. The van der Waals surface area contributed by atoms with Gasteiger partial charge >= 0.3 is 0 Å². The monoisotopic (exact) mass is 253 g/mol. The highest BCUT2D eigenvalue weighted by Gasteiger charge is 2.12. The van der Waals surface area contributed by atoms with Crippen LogP contribution >= 0.6 is 11.3 Å². The zero-order chi connectivity index (χ0) is 12.8. The summed E-state index contributed by atoms with van der Waals surface area (Å²) >= 11 is 1.79. The smallest absolute Gasteiger partial charge is 0.191 e. The zero-order valence-electron chi connectivity index (χ0n) is 11.2. The molecule has 0 bridgehead atoms. The van der Waals surface area contributed by atoms with Crippen LogP contribution in [-0.4, -0.2) is 30.5 Å². The highest BCUT2D eigenvalue weighted by Crippen LogP contribution is 2.13. The third kappa shape index (κ3) is 4.77. The molecular formula is C13H23N3S. The van der Waals surface area contributed by atoms with E-state index in [-0.39, 0.29) is 0 Å². The van der Waals surface area contributed by atoms with Gasteiger partial charge in [-0.2, -0.15) is 0 Å². The van der Waals surface area contributed by atoms with Gasteiger partial charge in [-0.15, -0.1) is 11.3 Å². The van der Waals surface area contributed by atoms with Gasteiger partial charge in [0.2, 0.25) is 0 Å². The molecule has 1 aromatic rings. The van der Waals surface area contributed by atoms with Crippen molar-refractivity contribution in [1.82, 2.24) is 4.90 Å². The molecule has 2 N–H and O–H groups in total. The van der Waals surface area contributed by atoms with Gasteiger partial charge in [-0.3, -0.25) is 4.99 Å². The molecule has 96 valence electrons. The van der Waals surface area contributed by atoms with E-state index in [1.54, 1.807) is 11.3 Å². The summed E-state index contributed by atoms with van der Waals surface area (Å²) in [7, 11) is 2.01. The Balaban J connectivity index is 2.50. The van der Waals surface area contributed by atoms with Crippen molar-refractivity contribution in [3.05, 3.63) is 22.4 Å². The highest BCUT2D eigenvalue weighted by molar-refractivity contribution is 7.09. The Kier molecular flexibility index (Phi) is 5.48. The summed E-state index contributed by atoms with van der Waals surface area (Å²) in [5, 5.41) is 2.11. The van der Waals surface area contributed by atoms with E-state index < -0.39 is 0 Å². The predicted octanol–water partition coefficient (Wildman–Crippen LogP) is 2.58. The third-order valence-electron chi connectivity index (χ3n) is 2.72. The number of likely N-dealkylation sites (N-methyl/N-ethyl adjacent to an activating group) is 1. The topological polar surface area (TPSA) is 41.6 Å². The van der Waals surface area contributed by atoms with Crippen molar-refractivity contribution >= 4 is 17.3 Å². The van der Waals surface area contributed by atoms with Crippen LogP contribution in [0.4, 0.5) is 0 Å². The average Bonchev–Trinajstić information content (AvgIpc) is 2.77. The lowest BCUT2D eigenvalue weighted by Gasteiger charge is -2.25. The molecule has 0 fully saturated rings. The maximum atomic E-state index is 5.97. The van der Waals surface area contributed by atoms with Crippen molar-refractivity contribution in [1.29, 1.82) is 0 Å². The molecule has 3 nitrogen and oxygen atoms in total. The van der Waals surface area contributed by atoms with Crippen LogP contribution in [-0.2, 0) is 6.42 Å². The Labute approximate surface area is 108 Å². The second kappa shape index (κ2) is 6.64. The van der Waals surface area contributed by atoms with Gasteiger partial charge in [0.1, 0.15) is 0 Å². The predicted molar refractivity (Wildman–Crippen MR) is 76.6 cm³/mol. The van der Waals surface area contributed by atoms with Gasteiger partial charge in [-0.1, -0.05) is 19.9 Å². The number of guanidine groups is 1. The zero-order valence-corrected chi connectivity index (χ0v) is 12.0. The summed E-state index contributed by atoms with van der Waals surface area (Å²) in [6.07, 6.45) is 1.02. The van der Waals surface area contributed by atoms with Crippen molar-refractivity contribution < 1.29 is 0 Å². The van der Waals surface area contributed by atoms with E-state index >= 15 is 0 Å². The lowest BCUT2D eigenvalue weighted by Crippen LogP contribution is -2.41. The number of aliphatic imine (C=N–C) groups is 1. The Bertz CT molecular complexity index is 344. The van der Waals surface area contributed by atoms with Crippen LogP contribution in [0.25, 0.3) is 0 Å². The van der Waals surface area contributed by atoms with Crippen molar-refractivity contribution in [2.45, 2.75) is 33.2 Å². The Hall–Kier alpha value is -1.03. The Morgan fingerprint density at radius 1 is 1.47 bits per heavy atom. The van der Waals surface area contributed by atoms with Crippen LogP contribution in [0.1, 0.15) is 25.6 Å². The van der Waals surface area contributed by atoms with Gasteiger partial charge in [0.15, 0.2) is 5.96 Å². The molecule has 1 unspecified atom stereocenters. The molecule has 4 heteroatoms. The number of thiophene rings is 1. The molecule has 1 atom stereocenters. The molecule has 17 heavy (non-hydrogen) atoms. The lowest BCUT2D eigenvalue weighted by molar-refractivity contribution is 0.383. The van der Waals surface area contributed by atoms with Gasteiger partial charge in [-0.25, -0.2) is 0 Å².